The molecule has 0 amide bonds. The molecule has 264 valence electrons. The van der Waals surface area contributed by atoms with Crippen LogP contribution in [0.2, 0.25) is 0 Å². The lowest BCUT2D eigenvalue weighted by Gasteiger charge is -2.16. The summed E-state index contributed by atoms with van der Waals surface area (Å²) in [5, 5.41) is 13.8. The standard InChI is InChI=1S/C54H33N3/c1-3-16-34(17-4-1)52-45-31-30-37(33-47(45)55-54(56-52)35-18-5-2-6-19-35)36-20-15-21-38(32-36)57-48-29-14-13-28-46(48)51-50-42-25-10-8-23-40(42)39-22-7-9-24-41(39)49(50)43-26-11-12-27-44(43)53(51)57/h1-33H. The Morgan fingerprint density at radius 2 is 0.860 bits per heavy atom. The molecule has 57 heavy (non-hydrogen) atoms. The van der Waals surface area contributed by atoms with Gasteiger partial charge in [-0.2, -0.15) is 0 Å². The molecule has 2 aromatic heterocycles. The van der Waals surface area contributed by atoms with Gasteiger partial charge in [-0.25, -0.2) is 9.97 Å². The Labute approximate surface area is 328 Å². The van der Waals surface area contributed by atoms with E-state index in [1.165, 1.54) is 64.9 Å². The molecule has 0 aliphatic carbocycles. The van der Waals surface area contributed by atoms with Crippen LogP contribution in [-0.4, -0.2) is 14.5 Å². The minimum absolute atomic E-state index is 0.720. The van der Waals surface area contributed by atoms with Crippen LogP contribution in [0.4, 0.5) is 0 Å². The molecule has 0 bridgehead atoms. The lowest BCUT2D eigenvalue weighted by atomic mass is 9.88. The summed E-state index contributed by atoms with van der Waals surface area (Å²) in [6.07, 6.45) is 0. The fourth-order valence-corrected chi connectivity index (χ4v) is 9.27. The highest BCUT2D eigenvalue weighted by Crippen LogP contribution is 2.48. The summed E-state index contributed by atoms with van der Waals surface area (Å²) in [5.74, 6) is 0.720. The third kappa shape index (κ3) is 4.79. The molecule has 2 heterocycles. The van der Waals surface area contributed by atoms with Crippen LogP contribution >= 0.6 is 0 Å². The van der Waals surface area contributed by atoms with Crippen molar-refractivity contribution in [3.05, 3.63) is 200 Å². The molecular weight excluding hydrogens is 691 g/mol. The summed E-state index contributed by atoms with van der Waals surface area (Å²) >= 11 is 0. The van der Waals surface area contributed by atoms with E-state index in [0.29, 0.717) is 0 Å². The van der Waals surface area contributed by atoms with Gasteiger partial charge < -0.3 is 4.57 Å². The van der Waals surface area contributed by atoms with Crippen molar-refractivity contribution in [2.45, 2.75) is 0 Å². The first-order valence-corrected chi connectivity index (χ1v) is 19.5. The molecule has 0 aliphatic rings. The van der Waals surface area contributed by atoms with Crippen molar-refractivity contribution in [2.24, 2.45) is 0 Å². The Morgan fingerprint density at radius 3 is 1.58 bits per heavy atom. The molecule has 0 atom stereocenters. The fourth-order valence-electron chi connectivity index (χ4n) is 9.27. The van der Waals surface area contributed by atoms with Crippen LogP contribution in [0.25, 0.3) is 115 Å². The maximum atomic E-state index is 5.17. The quantitative estimate of drug-likeness (QED) is 0.169. The molecule has 12 aromatic rings. The van der Waals surface area contributed by atoms with Gasteiger partial charge in [0, 0.05) is 43.7 Å². The second kappa shape index (κ2) is 12.5. The average Bonchev–Trinajstić information content (AvgIpc) is 3.64. The molecule has 0 saturated heterocycles. The summed E-state index contributed by atoms with van der Waals surface area (Å²) in [6.45, 7) is 0. The first-order chi connectivity index (χ1) is 28.3. The summed E-state index contributed by atoms with van der Waals surface area (Å²) in [6, 6.07) is 72.0. The summed E-state index contributed by atoms with van der Waals surface area (Å²) in [4.78, 5) is 10.3. The Balaban J connectivity index is 1.14. The van der Waals surface area contributed by atoms with Crippen molar-refractivity contribution in [1.82, 2.24) is 14.5 Å². The van der Waals surface area contributed by atoms with Crippen molar-refractivity contribution < 1.29 is 0 Å². The molecule has 0 spiro atoms. The number of fused-ring (bicyclic) bond motifs is 14. The van der Waals surface area contributed by atoms with Crippen molar-refractivity contribution >= 4 is 75.8 Å². The summed E-state index contributed by atoms with van der Waals surface area (Å²) < 4.78 is 2.49. The van der Waals surface area contributed by atoms with Gasteiger partial charge in [-0.15, -0.1) is 0 Å². The number of para-hydroxylation sites is 1. The topological polar surface area (TPSA) is 30.7 Å². The Kier molecular flexibility index (Phi) is 6.93. The highest BCUT2D eigenvalue weighted by molar-refractivity contribution is 6.42. The predicted octanol–water partition coefficient (Wildman–Crippen LogP) is 14.3. The van der Waals surface area contributed by atoms with E-state index < -0.39 is 0 Å². The van der Waals surface area contributed by atoms with Gasteiger partial charge in [0.25, 0.3) is 0 Å². The van der Waals surface area contributed by atoms with E-state index in [9.17, 15) is 0 Å². The number of hydrogen-bond donors (Lipinski definition) is 0. The predicted molar refractivity (Wildman–Crippen MR) is 240 cm³/mol. The molecule has 0 unspecified atom stereocenters. The SMILES string of the molecule is c1ccc(-c2nc(-c3ccccc3)c3ccc(-c4cccc(-n5c6ccccc6c6c7c8ccccc8c8ccccc8c7c7ccccc7c65)c4)cc3n2)cc1. The van der Waals surface area contributed by atoms with E-state index in [2.05, 4.69) is 180 Å². The van der Waals surface area contributed by atoms with Gasteiger partial charge in [0.15, 0.2) is 5.82 Å². The van der Waals surface area contributed by atoms with E-state index in [-0.39, 0.29) is 0 Å². The Hall–Kier alpha value is -7.62. The molecule has 0 aliphatic heterocycles. The van der Waals surface area contributed by atoms with Crippen LogP contribution in [0.3, 0.4) is 0 Å². The van der Waals surface area contributed by atoms with Gasteiger partial charge in [-0.1, -0.05) is 170 Å². The summed E-state index contributed by atoms with van der Waals surface area (Å²) in [7, 11) is 0. The molecule has 0 radical (unpaired) electrons. The normalized spacial score (nSPS) is 11.9. The highest BCUT2D eigenvalue weighted by Gasteiger charge is 2.22. The number of nitrogens with zero attached hydrogens (tertiary/aromatic N) is 3. The first kappa shape index (κ1) is 31.7. The fraction of sp³-hybridized carbons (Fsp3) is 0. The van der Waals surface area contributed by atoms with Crippen molar-refractivity contribution in [3.8, 4) is 39.5 Å². The molecular formula is C54H33N3. The van der Waals surface area contributed by atoms with Crippen LogP contribution in [0, 0.1) is 0 Å². The van der Waals surface area contributed by atoms with Crippen LogP contribution in [0.15, 0.2) is 200 Å². The third-order valence-electron chi connectivity index (χ3n) is 11.7. The molecule has 12 rings (SSSR count). The van der Waals surface area contributed by atoms with Gasteiger partial charge in [-0.3, -0.25) is 0 Å². The molecule has 3 heteroatoms. The number of rotatable bonds is 4. The van der Waals surface area contributed by atoms with E-state index >= 15 is 0 Å². The Bertz CT molecular complexity index is 3570. The minimum atomic E-state index is 0.720. The molecule has 10 aromatic carbocycles. The van der Waals surface area contributed by atoms with E-state index in [0.717, 1.165) is 50.4 Å². The zero-order valence-corrected chi connectivity index (χ0v) is 30.9. The first-order valence-electron chi connectivity index (χ1n) is 19.5. The zero-order chi connectivity index (χ0) is 37.5. The molecule has 0 N–H and O–H groups in total. The minimum Gasteiger partial charge on any atom is -0.309 e. The molecule has 0 saturated carbocycles. The van der Waals surface area contributed by atoms with Crippen molar-refractivity contribution in [2.75, 3.05) is 0 Å². The van der Waals surface area contributed by atoms with E-state index in [4.69, 9.17) is 9.97 Å². The van der Waals surface area contributed by atoms with E-state index in [1.807, 2.05) is 24.3 Å². The molecule has 0 fully saturated rings. The van der Waals surface area contributed by atoms with Crippen LogP contribution in [0.5, 0.6) is 0 Å². The average molecular weight is 724 g/mol. The number of benzene rings is 10. The number of aromatic nitrogens is 3. The van der Waals surface area contributed by atoms with Gasteiger partial charge >= 0.3 is 0 Å². The van der Waals surface area contributed by atoms with Gasteiger partial charge in [-0.05, 0) is 73.8 Å². The number of hydrogen-bond acceptors (Lipinski definition) is 2. The third-order valence-corrected chi connectivity index (χ3v) is 11.7. The van der Waals surface area contributed by atoms with Crippen LogP contribution in [0.1, 0.15) is 0 Å². The second-order valence-corrected chi connectivity index (χ2v) is 14.9. The van der Waals surface area contributed by atoms with Crippen molar-refractivity contribution in [1.29, 1.82) is 0 Å². The van der Waals surface area contributed by atoms with Gasteiger partial charge in [0.05, 0.1) is 22.2 Å². The largest absolute Gasteiger partial charge is 0.309 e. The maximum Gasteiger partial charge on any atom is 0.160 e. The Morgan fingerprint density at radius 1 is 0.316 bits per heavy atom. The van der Waals surface area contributed by atoms with Crippen molar-refractivity contribution in [3.63, 3.8) is 0 Å². The summed E-state index contributed by atoms with van der Waals surface area (Å²) in [5.41, 5.74) is 9.68. The maximum absolute atomic E-state index is 5.17. The smallest absolute Gasteiger partial charge is 0.160 e. The lowest BCUT2D eigenvalue weighted by Crippen LogP contribution is -1.97. The van der Waals surface area contributed by atoms with Crippen LogP contribution in [-0.2, 0) is 0 Å². The monoisotopic (exact) mass is 723 g/mol. The second-order valence-electron chi connectivity index (χ2n) is 14.9. The zero-order valence-electron chi connectivity index (χ0n) is 30.9. The van der Waals surface area contributed by atoms with Crippen LogP contribution < -0.4 is 0 Å². The van der Waals surface area contributed by atoms with Gasteiger partial charge in [0.1, 0.15) is 0 Å². The van der Waals surface area contributed by atoms with Gasteiger partial charge in [0.2, 0.25) is 0 Å². The highest BCUT2D eigenvalue weighted by atomic mass is 15.0. The lowest BCUT2D eigenvalue weighted by molar-refractivity contribution is 1.19. The van der Waals surface area contributed by atoms with E-state index in [1.54, 1.807) is 0 Å². The molecule has 3 nitrogen and oxygen atoms in total.